The number of carbonyl (C=O) groups is 2. The molecular weight excluding hydrogens is 552 g/mol. The molecule has 0 radical (unpaired) electrons. The lowest BCUT2D eigenvalue weighted by atomic mass is 10.00. The van der Waals surface area contributed by atoms with Gasteiger partial charge in [0.25, 0.3) is 0 Å². The highest BCUT2D eigenvalue weighted by molar-refractivity contribution is 5.94. The van der Waals surface area contributed by atoms with Crippen molar-refractivity contribution in [2.24, 2.45) is 0 Å². The summed E-state index contributed by atoms with van der Waals surface area (Å²) in [6.45, 7) is 5.71. The van der Waals surface area contributed by atoms with Crippen LogP contribution in [0.3, 0.4) is 0 Å². The number of rotatable bonds is 25. The van der Waals surface area contributed by atoms with E-state index < -0.39 is 11.9 Å². The number of unbranched alkanes of at least 4 members (excludes halogenated alkanes) is 14. The average Bonchev–Trinajstić information content (AvgIpc) is 3.02. The number of aromatic carboxylic acids is 1. The third-order valence-electron chi connectivity index (χ3n) is 7.65. The van der Waals surface area contributed by atoms with Crippen molar-refractivity contribution < 1.29 is 29.3 Å². The highest BCUT2D eigenvalue weighted by Gasteiger charge is 2.10. The van der Waals surface area contributed by atoms with E-state index in [0.29, 0.717) is 35.8 Å². The van der Waals surface area contributed by atoms with Crippen molar-refractivity contribution in [1.29, 1.82) is 0 Å². The van der Waals surface area contributed by atoms with Gasteiger partial charge in [-0.05, 0) is 66.0 Å². The van der Waals surface area contributed by atoms with E-state index in [1.54, 1.807) is 18.2 Å². The molecule has 0 unspecified atom stereocenters. The van der Waals surface area contributed by atoms with Gasteiger partial charge >= 0.3 is 11.9 Å². The van der Waals surface area contributed by atoms with Crippen molar-refractivity contribution in [2.75, 3.05) is 13.2 Å². The molecule has 6 heteroatoms. The fraction of sp³-hybridized carbons (Fsp3) is 0.526. The summed E-state index contributed by atoms with van der Waals surface area (Å²) in [6, 6.07) is 12.2. The maximum absolute atomic E-state index is 11.5. The van der Waals surface area contributed by atoms with Crippen LogP contribution in [-0.2, 0) is 4.79 Å². The van der Waals surface area contributed by atoms with Crippen molar-refractivity contribution >= 4 is 23.6 Å². The Bertz CT molecular complexity index is 1170. The predicted molar refractivity (Wildman–Crippen MR) is 181 cm³/mol. The van der Waals surface area contributed by atoms with Gasteiger partial charge in [-0.1, -0.05) is 122 Å². The van der Waals surface area contributed by atoms with Crippen LogP contribution in [0, 0.1) is 0 Å². The molecule has 0 fully saturated rings. The lowest BCUT2D eigenvalue weighted by molar-refractivity contribution is -0.131. The van der Waals surface area contributed by atoms with Crippen molar-refractivity contribution in [3.05, 3.63) is 71.3 Å². The maximum Gasteiger partial charge on any atom is 0.335 e. The largest absolute Gasteiger partial charge is 0.490 e. The molecule has 0 aliphatic rings. The molecule has 0 aliphatic heterocycles. The number of allylic oxidation sites excluding steroid dienone is 2. The first-order valence-corrected chi connectivity index (χ1v) is 16.8. The Kier molecular flexibility index (Phi) is 19.1. The fourth-order valence-corrected chi connectivity index (χ4v) is 5.08. The van der Waals surface area contributed by atoms with Gasteiger partial charge in [0.15, 0.2) is 11.5 Å². The van der Waals surface area contributed by atoms with Crippen LogP contribution in [0.2, 0.25) is 0 Å². The Morgan fingerprint density at radius 1 is 0.614 bits per heavy atom. The summed E-state index contributed by atoms with van der Waals surface area (Å²) < 4.78 is 12.4. The first-order valence-electron chi connectivity index (χ1n) is 16.8. The molecule has 0 spiro atoms. The van der Waals surface area contributed by atoms with Crippen LogP contribution in [0.5, 0.6) is 11.5 Å². The molecule has 242 valence electrons. The molecule has 2 rings (SSSR count). The molecule has 0 bridgehead atoms. The van der Waals surface area contributed by atoms with Gasteiger partial charge in [0.2, 0.25) is 0 Å². The zero-order valence-corrected chi connectivity index (χ0v) is 27.0. The minimum absolute atomic E-state index is 0.135. The van der Waals surface area contributed by atoms with Gasteiger partial charge in [0, 0.05) is 6.08 Å². The molecule has 0 saturated heterocycles. The Balaban J connectivity index is 2.13. The number of carboxylic acid groups (broad SMARTS) is 2. The molecule has 6 nitrogen and oxygen atoms in total. The monoisotopic (exact) mass is 606 g/mol. The molecule has 0 aliphatic carbocycles. The molecule has 2 aromatic rings. The topological polar surface area (TPSA) is 93.1 Å². The second-order valence-corrected chi connectivity index (χ2v) is 11.5. The number of carboxylic acids is 2. The highest BCUT2D eigenvalue weighted by Crippen LogP contribution is 2.31. The van der Waals surface area contributed by atoms with Crippen molar-refractivity contribution in [1.82, 2.24) is 0 Å². The summed E-state index contributed by atoms with van der Waals surface area (Å²) in [7, 11) is 0. The van der Waals surface area contributed by atoms with Crippen LogP contribution in [-0.4, -0.2) is 35.4 Å². The lowest BCUT2D eigenvalue weighted by Crippen LogP contribution is -2.03. The Morgan fingerprint density at radius 3 is 1.68 bits per heavy atom. The molecule has 0 amide bonds. The fourth-order valence-electron chi connectivity index (χ4n) is 5.08. The summed E-state index contributed by atoms with van der Waals surface area (Å²) in [4.78, 5) is 22.8. The standard InChI is InChI=1S/C38H54O6/c1-3-5-7-9-11-13-15-17-26-43-35-24-22-31(29-36(35)44-27-18-16-14-12-10-8-6-4-2)28-33(23-25-37(39)40)32-20-19-21-34(30-32)38(41)42/h19-25,28-30H,3-18,26-27H2,1-2H3,(H,39,40)(H,41,42)/b25-23?,33-28-. The Morgan fingerprint density at radius 2 is 1.14 bits per heavy atom. The van der Waals surface area contributed by atoms with Gasteiger partial charge in [-0.2, -0.15) is 0 Å². The average molecular weight is 607 g/mol. The minimum atomic E-state index is -1.08. The van der Waals surface area contributed by atoms with E-state index in [1.165, 1.54) is 89.2 Å². The van der Waals surface area contributed by atoms with E-state index in [9.17, 15) is 19.8 Å². The molecular formula is C38H54O6. The van der Waals surface area contributed by atoms with Crippen LogP contribution in [0.1, 0.15) is 138 Å². The van der Waals surface area contributed by atoms with Crippen LogP contribution >= 0.6 is 0 Å². The molecule has 2 N–H and O–H groups in total. The van der Waals surface area contributed by atoms with Gasteiger partial charge in [-0.3, -0.25) is 0 Å². The number of benzene rings is 2. The number of hydrogen-bond donors (Lipinski definition) is 2. The zero-order valence-electron chi connectivity index (χ0n) is 27.0. The third-order valence-corrected chi connectivity index (χ3v) is 7.65. The molecule has 44 heavy (non-hydrogen) atoms. The molecule has 0 saturated carbocycles. The number of aliphatic carboxylic acids is 1. The summed E-state index contributed by atoms with van der Waals surface area (Å²) in [5.41, 5.74) is 2.13. The van der Waals surface area contributed by atoms with E-state index in [2.05, 4.69) is 13.8 Å². The van der Waals surface area contributed by atoms with Gasteiger partial charge in [-0.15, -0.1) is 0 Å². The summed E-state index contributed by atoms with van der Waals surface area (Å²) in [5, 5.41) is 18.7. The number of hydrogen-bond acceptors (Lipinski definition) is 4. The van der Waals surface area contributed by atoms with E-state index in [-0.39, 0.29) is 5.56 Å². The molecule has 0 aromatic heterocycles. The van der Waals surface area contributed by atoms with Gasteiger partial charge in [0.05, 0.1) is 18.8 Å². The zero-order chi connectivity index (χ0) is 31.8. The van der Waals surface area contributed by atoms with E-state index in [1.807, 2.05) is 24.3 Å². The molecule has 2 aromatic carbocycles. The number of ether oxygens (including phenoxy) is 2. The van der Waals surface area contributed by atoms with Crippen LogP contribution < -0.4 is 9.47 Å². The van der Waals surface area contributed by atoms with Crippen LogP contribution in [0.25, 0.3) is 11.6 Å². The van der Waals surface area contributed by atoms with Gasteiger partial charge < -0.3 is 19.7 Å². The van der Waals surface area contributed by atoms with E-state index in [0.717, 1.165) is 37.3 Å². The van der Waals surface area contributed by atoms with Crippen LogP contribution in [0.15, 0.2) is 54.6 Å². The SMILES string of the molecule is CCCCCCCCCCOc1ccc(/C=C(/C=CC(=O)O)c2cccc(C(=O)O)c2)cc1OCCCCCCCCCC. The third kappa shape index (κ3) is 15.8. The lowest BCUT2D eigenvalue weighted by Gasteiger charge is -2.14. The highest BCUT2D eigenvalue weighted by atomic mass is 16.5. The normalized spacial score (nSPS) is 11.6. The molecule has 0 atom stereocenters. The van der Waals surface area contributed by atoms with Crippen LogP contribution in [0.4, 0.5) is 0 Å². The van der Waals surface area contributed by atoms with Gasteiger partial charge in [0.1, 0.15) is 0 Å². The summed E-state index contributed by atoms with van der Waals surface area (Å²) >= 11 is 0. The first-order chi connectivity index (χ1) is 21.4. The summed E-state index contributed by atoms with van der Waals surface area (Å²) in [6.07, 6.45) is 24.0. The second-order valence-electron chi connectivity index (χ2n) is 11.5. The molecule has 0 heterocycles. The second kappa shape index (κ2) is 22.9. The Labute approximate surface area is 265 Å². The minimum Gasteiger partial charge on any atom is -0.490 e. The van der Waals surface area contributed by atoms with E-state index in [4.69, 9.17) is 9.47 Å². The van der Waals surface area contributed by atoms with Crippen molar-refractivity contribution in [3.8, 4) is 11.5 Å². The predicted octanol–water partition coefficient (Wildman–Crippen LogP) is 10.6. The first kappa shape index (κ1) is 36.7. The van der Waals surface area contributed by atoms with Gasteiger partial charge in [-0.25, -0.2) is 9.59 Å². The quantitative estimate of drug-likeness (QED) is 0.0505. The van der Waals surface area contributed by atoms with E-state index >= 15 is 0 Å². The van der Waals surface area contributed by atoms with Crippen molar-refractivity contribution in [2.45, 2.75) is 117 Å². The Hall–Kier alpha value is -3.54. The smallest absolute Gasteiger partial charge is 0.335 e. The van der Waals surface area contributed by atoms with Crippen molar-refractivity contribution in [3.63, 3.8) is 0 Å². The summed E-state index contributed by atoms with van der Waals surface area (Å²) in [5.74, 6) is -0.741. The maximum atomic E-state index is 11.5.